The summed E-state index contributed by atoms with van der Waals surface area (Å²) in [5.74, 6) is -0.202. The van der Waals surface area contributed by atoms with E-state index in [1.165, 1.54) is 18.2 Å². The monoisotopic (exact) mass is 277 g/mol. The van der Waals surface area contributed by atoms with Crippen LogP contribution in [0.3, 0.4) is 0 Å². The van der Waals surface area contributed by atoms with Gasteiger partial charge in [-0.15, -0.1) is 13.2 Å². The average molecular weight is 277 g/mol. The summed E-state index contributed by atoms with van der Waals surface area (Å²) in [5.41, 5.74) is 0. The molecule has 1 aromatic rings. The molecule has 0 aliphatic heterocycles. The second kappa shape index (κ2) is 7.89. The molecule has 0 aliphatic carbocycles. The Hall–Kier alpha value is -1.43. The van der Waals surface area contributed by atoms with Crippen molar-refractivity contribution in [3.8, 4) is 11.5 Å². The quantitative estimate of drug-likeness (QED) is 0.739. The number of para-hydroxylation sites is 2. The SMILES string of the molecule is CCCNCCCOc1ccccc1OC(F)(F)F. The molecular weight excluding hydrogens is 259 g/mol. The second-order valence-electron chi connectivity index (χ2n) is 3.95. The van der Waals surface area contributed by atoms with Gasteiger partial charge in [-0.05, 0) is 38.1 Å². The lowest BCUT2D eigenvalue weighted by molar-refractivity contribution is -0.275. The van der Waals surface area contributed by atoms with Gasteiger partial charge in [-0.25, -0.2) is 0 Å². The Labute approximate surface area is 110 Å². The van der Waals surface area contributed by atoms with Gasteiger partial charge in [0, 0.05) is 0 Å². The van der Waals surface area contributed by atoms with Crippen LogP contribution in [0.25, 0.3) is 0 Å². The van der Waals surface area contributed by atoms with Crippen LogP contribution in [-0.4, -0.2) is 26.1 Å². The van der Waals surface area contributed by atoms with Crippen LogP contribution in [0.1, 0.15) is 19.8 Å². The summed E-state index contributed by atoms with van der Waals surface area (Å²) in [6.45, 7) is 4.10. The Bertz CT molecular complexity index is 369. The highest BCUT2D eigenvalue weighted by atomic mass is 19.4. The van der Waals surface area contributed by atoms with Crippen molar-refractivity contribution in [2.24, 2.45) is 0 Å². The summed E-state index contributed by atoms with van der Waals surface area (Å²) >= 11 is 0. The summed E-state index contributed by atoms with van der Waals surface area (Å²) in [6, 6.07) is 5.77. The number of rotatable bonds is 8. The van der Waals surface area contributed by atoms with E-state index in [4.69, 9.17) is 4.74 Å². The van der Waals surface area contributed by atoms with Crippen LogP contribution in [0, 0.1) is 0 Å². The lowest BCUT2D eigenvalue weighted by Gasteiger charge is -2.13. The van der Waals surface area contributed by atoms with Crippen molar-refractivity contribution in [1.82, 2.24) is 5.32 Å². The van der Waals surface area contributed by atoms with Crippen molar-refractivity contribution in [2.75, 3.05) is 19.7 Å². The Morgan fingerprint density at radius 2 is 1.79 bits per heavy atom. The molecule has 19 heavy (non-hydrogen) atoms. The van der Waals surface area contributed by atoms with Gasteiger partial charge in [0.05, 0.1) is 6.61 Å². The zero-order valence-corrected chi connectivity index (χ0v) is 10.8. The highest BCUT2D eigenvalue weighted by Crippen LogP contribution is 2.31. The van der Waals surface area contributed by atoms with Gasteiger partial charge < -0.3 is 14.8 Å². The topological polar surface area (TPSA) is 30.5 Å². The Morgan fingerprint density at radius 1 is 1.11 bits per heavy atom. The first-order valence-corrected chi connectivity index (χ1v) is 6.21. The molecule has 3 nitrogen and oxygen atoms in total. The Balaban J connectivity index is 2.40. The molecule has 1 rings (SSSR count). The van der Waals surface area contributed by atoms with Crippen molar-refractivity contribution >= 4 is 0 Å². The molecule has 0 radical (unpaired) electrons. The molecule has 0 amide bonds. The normalized spacial score (nSPS) is 11.4. The maximum atomic E-state index is 12.2. The third-order valence-corrected chi connectivity index (χ3v) is 2.26. The minimum absolute atomic E-state index is 0.107. The fourth-order valence-electron chi connectivity index (χ4n) is 1.46. The first-order chi connectivity index (χ1) is 9.03. The van der Waals surface area contributed by atoms with E-state index < -0.39 is 6.36 Å². The Morgan fingerprint density at radius 3 is 2.42 bits per heavy atom. The van der Waals surface area contributed by atoms with Crippen LogP contribution in [0.15, 0.2) is 24.3 Å². The van der Waals surface area contributed by atoms with Gasteiger partial charge in [-0.2, -0.15) is 0 Å². The predicted octanol–water partition coefficient (Wildman–Crippen LogP) is 3.35. The molecule has 0 saturated heterocycles. The van der Waals surface area contributed by atoms with Crippen molar-refractivity contribution in [3.63, 3.8) is 0 Å². The molecular formula is C13H18F3NO2. The minimum Gasteiger partial charge on any atom is -0.490 e. The number of hydrogen-bond acceptors (Lipinski definition) is 3. The molecule has 108 valence electrons. The molecule has 0 spiro atoms. The minimum atomic E-state index is -4.71. The summed E-state index contributed by atoms with van der Waals surface area (Å²) in [4.78, 5) is 0. The van der Waals surface area contributed by atoms with E-state index in [0.29, 0.717) is 6.61 Å². The zero-order chi connectivity index (χ0) is 14.1. The second-order valence-corrected chi connectivity index (χ2v) is 3.95. The van der Waals surface area contributed by atoms with E-state index in [1.807, 2.05) is 0 Å². The standard InChI is InChI=1S/C13H18F3NO2/c1-2-8-17-9-5-10-18-11-6-3-4-7-12(11)19-13(14,15)16/h3-4,6-7,17H,2,5,8-10H2,1H3. The molecule has 0 atom stereocenters. The molecule has 0 aromatic heterocycles. The number of hydrogen-bond donors (Lipinski definition) is 1. The maximum Gasteiger partial charge on any atom is 0.573 e. The molecule has 0 fully saturated rings. The molecule has 1 N–H and O–H groups in total. The molecule has 0 bridgehead atoms. The third-order valence-electron chi connectivity index (χ3n) is 2.26. The number of alkyl halides is 3. The van der Waals surface area contributed by atoms with Crippen molar-refractivity contribution in [1.29, 1.82) is 0 Å². The first kappa shape index (κ1) is 15.6. The van der Waals surface area contributed by atoms with Crippen LogP contribution in [0.2, 0.25) is 0 Å². The lowest BCUT2D eigenvalue weighted by atomic mass is 10.3. The van der Waals surface area contributed by atoms with E-state index in [9.17, 15) is 13.2 Å². The summed E-state index contributed by atoms with van der Waals surface area (Å²) in [5, 5.41) is 3.18. The maximum absolute atomic E-state index is 12.2. The molecule has 1 aromatic carbocycles. The fourth-order valence-corrected chi connectivity index (χ4v) is 1.46. The van der Waals surface area contributed by atoms with Gasteiger partial charge in [-0.1, -0.05) is 19.1 Å². The van der Waals surface area contributed by atoms with E-state index in [2.05, 4.69) is 17.0 Å². The smallest absolute Gasteiger partial charge is 0.490 e. The van der Waals surface area contributed by atoms with Gasteiger partial charge >= 0.3 is 6.36 Å². The summed E-state index contributed by atoms with van der Waals surface area (Å²) < 4.78 is 45.7. The molecule has 6 heteroatoms. The zero-order valence-electron chi connectivity index (χ0n) is 10.8. The third kappa shape index (κ3) is 6.91. The fraction of sp³-hybridized carbons (Fsp3) is 0.538. The van der Waals surface area contributed by atoms with Gasteiger partial charge in [0.1, 0.15) is 0 Å². The van der Waals surface area contributed by atoms with Gasteiger partial charge in [0.2, 0.25) is 0 Å². The van der Waals surface area contributed by atoms with E-state index in [1.54, 1.807) is 6.07 Å². The number of nitrogens with one attached hydrogen (secondary N) is 1. The van der Waals surface area contributed by atoms with Crippen molar-refractivity contribution in [3.05, 3.63) is 24.3 Å². The van der Waals surface area contributed by atoms with E-state index in [0.717, 1.165) is 25.9 Å². The first-order valence-electron chi connectivity index (χ1n) is 6.21. The van der Waals surface area contributed by atoms with Crippen molar-refractivity contribution < 1.29 is 22.6 Å². The average Bonchev–Trinajstić information content (AvgIpc) is 2.33. The molecule has 0 unspecified atom stereocenters. The van der Waals surface area contributed by atoms with Crippen LogP contribution >= 0.6 is 0 Å². The summed E-state index contributed by atoms with van der Waals surface area (Å²) in [6.07, 6.45) is -2.94. The van der Waals surface area contributed by atoms with Crippen LogP contribution in [0.5, 0.6) is 11.5 Å². The summed E-state index contributed by atoms with van der Waals surface area (Å²) in [7, 11) is 0. The number of ether oxygens (including phenoxy) is 2. The highest BCUT2D eigenvalue weighted by Gasteiger charge is 2.32. The molecule has 0 saturated carbocycles. The lowest BCUT2D eigenvalue weighted by Crippen LogP contribution is -2.19. The van der Waals surface area contributed by atoms with Gasteiger partial charge in [-0.3, -0.25) is 0 Å². The Kier molecular flexibility index (Phi) is 6.49. The largest absolute Gasteiger partial charge is 0.573 e. The molecule has 0 heterocycles. The van der Waals surface area contributed by atoms with Crippen LogP contribution in [-0.2, 0) is 0 Å². The molecule has 0 aliphatic rings. The number of benzene rings is 1. The van der Waals surface area contributed by atoms with Crippen molar-refractivity contribution in [2.45, 2.75) is 26.1 Å². The number of halogens is 3. The predicted molar refractivity (Wildman–Crippen MR) is 66.4 cm³/mol. The van der Waals surface area contributed by atoms with Gasteiger partial charge in [0.25, 0.3) is 0 Å². The van der Waals surface area contributed by atoms with Crippen LogP contribution < -0.4 is 14.8 Å². The highest BCUT2D eigenvalue weighted by molar-refractivity contribution is 5.39. The van der Waals surface area contributed by atoms with Gasteiger partial charge in [0.15, 0.2) is 11.5 Å². The van der Waals surface area contributed by atoms with Crippen LogP contribution in [0.4, 0.5) is 13.2 Å². The van der Waals surface area contributed by atoms with E-state index in [-0.39, 0.29) is 11.5 Å². The van der Waals surface area contributed by atoms with E-state index >= 15 is 0 Å².